The van der Waals surface area contributed by atoms with Crippen molar-refractivity contribution >= 4 is 0 Å². The van der Waals surface area contributed by atoms with Gasteiger partial charge in [0.1, 0.15) is 17.2 Å². The van der Waals surface area contributed by atoms with E-state index in [1.165, 1.54) is 11.1 Å². The third-order valence-corrected chi connectivity index (χ3v) is 8.57. The number of phenolic OH excluding ortho intramolecular Hbond substituents is 2. The molecule has 2 atom stereocenters. The van der Waals surface area contributed by atoms with Gasteiger partial charge in [0, 0.05) is 31.8 Å². The van der Waals surface area contributed by atoms with E-state index in [0.29, 0.717) is 43.8 Å². The Morgan fingerprint density at radius 1 is 0.617 bits per heavy atom. The number of aromatic hydroxyl groups is 2. The number of benzene rings is 4. The predicted octanol–water partition coefficient (Wildman–Crippen LogP) is 9.86. The number of methoxy groups -OCH3 is 2. The molecule has 0 bridgehead atoms. The van der Waals surface area contributed by atoms with E-state index in [1.54, 1.807) is 26.4 Å². The first-order chi connectivity index (χ1) is 22.6. The summed E-state index contributed by atoms with van der Waals surface area (Å²) in [7, 11) is 3.31. The van der Waals surface area contributed by atoms with E-state index in [0.717, 1.165) is 57.5 Å². The monoisotopic (exact) mass is 642 g/mol. The fourth-order valence-electron chi connectivity index (χ4n) is 5.52. The highest BCUT2D eigenvalue weighted by atomic mass is 16.7. The molecular formula is C41H54O6. The highest BCUT2D eigenvalue weighted by Crippen LogP contribution is 2.33. The predicted molar refractivity (Wildman–Crippen MR) is 190 cm³/mol. The van der Waals surface area contributed by atoms with Crippen LogP contribution in [0.25, 0.3) is 0 Å². The van der Waals surface area contributed by atoms with Crippen LogP contribution in [0.3, 0.4) is 0 Å². The van der Waals surface area contributed by atoms with Crippen molar-refractivity contribution in [1.82, 2.24) is 0 Å². The summed E-state index contributed by atoms with van der Waals surface area (Å²) in [6, 6.07) is 24.1. The van der Waals surface area contributed by atoms with Gasteiger partial charge in [0.05, 0.1) is 19.8 Å². The Balaban J connectivity index is 0.000000461. The van der Waals surface area contributed by atoms with Gasteiger partial charge in [-0.1, -0.05) is 99.5 Å². The van der Waals surface area contributed by atoms with Gasteiger partial charge in [0.15, 0.2) is 6.79 Å². The van der Waals surface area contributed by atoms with Crippen LogP contribution in [0, 0.1) is 13.8 Å². The first-order valence-electron chi connectivity index (χ1n) is 16.6. The first-order valence-corrected chi connectivity index (χ1v) is 16.6. The lowest BCUT2D eigenvalue weighted by Crippen LogP contribution is -2.09. The summed E-state index contributed by atoms with van der Waals surface area (Å²) < 4.78 is 22.8. The Hall–Kier alpha value is -3.84. The molecule has 6 heteroatoms. The Kier molecular flexibility index (Phi) is 15.3. The normalized spacial score (nSPS) is 12.3. The van der Waals surface area contributed by atoms with Gasteiger partial charge in [0.2, 0.25) is 0 Å². The second kappa shape index (κ2) is 19.1. The van der Waals surface area contributed by atoms with Crippen molar-refractivity contribution in [2.75, 3.05) is 21.0 Å². The second-order valence-corrected chi connectivity index (χ2v) is 12.4. The van der Waals surface area contributed by atoms with E-state index in [-0.39, 0.29) is 12.5 Å². The first kappa shape index (κ1) is 37.6. The van der Waals surface area contributed by atoms with Gasteiger partial charge in [-0.2, -0.15) is 0 Å². The van der Waals surface area contributed by atoms with E-state index in [4.69, 9.17) is 24.1 Å². The lowest BCUT2D eigenvalue weighted by Gasteiger charge is -2.18. The van der Waals surface area contributed by atoms with Gasteiger partial charge in [-0.25, -0.2) is 0 Å². The number of aryl methyl sites for hydroxylation is 2. The highest BCUT2D eigenvalue weighted by molar-refractivity contribution is 5.51. The summed E-state index contributed by atoms with van der Waals surface area (Å²) in [5.41, 5.74) is 9.49. The average molecular weight is 643 g/mol. The topological polar surface area (TPSA) is 77.4 Å². The number of rotatable bonds is 15. The van der Waals surface area contributed by atoms with E-state index in [1.807, 2.05) is 31.2 Å². The van der Waals surface area contributed by atoms with Crippen molar-refractivity contribution in [3.8, 4) is 17.2 Å². The van der Waals surface area contributed by atoms with Gasteiger partial charge in [-0.3, -0.25) is 0 Å². The Bertz CT molecular complexity index is 1510. The molecule has 0 spiro atoms. The van der Waals surface area contributed by atoms with Crippen LogP contribution in [0.15, 0.2) is 72.8 Å². The van der Waals surface area contributed by atoms with Crippen LogP contribution < -0.4 is 4.74 Å². The molecule has 4 aromatic rings. The highest BCUT2D eigenvalue weighted by Gasteiger charge is 2.16. The van der Waals surface area contributed by atoms with Crippen molar-refractivity contribution < 1.29 is 29.2 Å². The van der Waals surface area contributed by atoms with E-state index in [2.05, 4.69) is 71.0 Å². The molecule has 0 heterocycles. The molecule has 2 N–H and O–H groups in total. The maximum absolute atomic E-state index is 10.9. The summed E-state index contributed by atoms with van der Waals surface area (Å²) in [6.07, 6.45) is 2.79. The molecule has 0 aliphatic carbocycles. The number of ether oxygens (including phenoxy) is 4. The summed E-state index contributed by atoms with van der Waals surface area (Å²) >= 11 is 0. The van der Waals surface area contributed by atoms with Crippen molar-refractivity contribution in [2.45, 2.75) is 92.5 Å². The minimum atomic E-state index is 0.120. The summed E-state index contributed by atoms with van der Waals surface area (Å²) in [6.45, 7) is 14.3. The molecule has 6 nitrogen and oxygen atoms in total. The minimum absolute atomic E-state index is 0.120. The Morgan fingerprint density at radius 3 is 1.66 bits per heavy atom. The van der Waals surface area contributed by atoms with Gasteiger partial charge in [0.25, 0.3) is 0 Å². The minimum Gasteiger partial charge on any atom is -0.508 e. The summed E-state index contributed by atoms with van der Waals surface area (Å²) in [5, 5.41) is 19.9. The third kappa shape index (κ3) is 11.4. The number of hydrogen-bond donors (Lipinski definition) is 2. The molecule has 2 unspecified atom stereocenters. The SMILES string of the molecule is CCC(C)c1ccc(COCOc2c(COC)cc(C)cc2Cc2cc(C)cc(COC)c2O)cc1.CCC(C)c1ccc(O)cc1. The molecule has 0 aromatic heterocycles. The maximum Gasteiger partial charge on any atom is 0.189 e. The Morgan fingerprint density at radius 2 is 1.11 bits per heavy atom. The van der Waals surface area contributed by atoms with E-state index in [9.17, 15) is 5.11 Å². The lowest BCUT2D eigenvalue weighted by molar-refractivity contribution is 0.00322. The van der Waals surface area contributed by atoms with Gasteiger partial charge in [-0.05, 0) is 78.5 Å². The zero-order valence-electron chi connectivity index (χ0n) is 29.6. The van der Waals surface area contributed by atoms with Crippen molar-refractivity contribution in [3.63, 3.8) is 0 Å². The molecule has 47 heavy (non-hydrogen) atoms. The molecule has 0 saturated heterocycles. The van der Waals surface area contributed by atoms with Crippen LogP contribution in [-0.2, 0) is 40.5 Å². The van der Waals surface area contributed by atoms with Crippen LogP contribution in [0.4, 0.5) is 0 Å². The quantitative estimate of drug-likeness (QED) is 0.0993. The van der Waals surface area contributed by atoms with Crippen molar-refractivity contribution in [2.24, 2.45) is 0 Å². The average Bonchev–Trinajstić information content (AvgIpc) is 3.06. The van der Waals surface area contributed by atoms with Crippen molar-refractivity contribution in [1.29, 1.82) is 0 Å². The largest absolute Gasteiger partial charge is 0.508 e. The van der Waals surface area contributed by atoms with Crippen LogP contribution in [0.2, 0.25) is 0 Å². The smallest absolute Gasteiger partial charge is 0.189 e. The maximum atomic E-state index is 10.9. The zero-order valence-corrected chi connectivity index (χ0v) is 29.6. The van der Waals surface area contributed by atoms with E-state index < -0.39 is 0 Å². The standard InChI is InChI=1S/C31H40O5.C10H14O/c1-7-23(4)25-10-8-24(9-11-25)17-35-20-36-31-27(13-22(3)15-29(31)19-34-6)16-26-12-21(2)14-28(18-33-5)30(26)32;1-3-8(2)9-4-6-10(11)7-5-9/h8-15,23,32H,7,16-20H2,1-6H3;4-8,11H,3H2,1-2H3. The third-order valence-electron chi connectivity index (χ3n) is 8.57. The number of phenols is 2. The molecule has 0 aliphatic rings. The second-order valence-electron chi connectivity index (χ2n) is 12.4. The van der Waals surface area contributed by atoms with Gasteiger partial charge < -0.3 is 29.2 Å². The van der Waals surface area contributed by atoms with Crippen LogP contribution in [-0.4, -0.2) is 31.2 Å². The van der Waals surface area contributed by atoms with Gasteiger partial charge >= 0.3 is 0 Å². The fraction of sp³-hybridized carbons (Fsp3) is 0.415. The molecule has 0 fully saturated rings. The summed E-state index contributed by atoms with van der Waals surface area (Å²) in [5.74, 6) is 2.50. The molecule has 0 aliphatic heterocycles. The molecule has 0 amide bonds. The lowest BCUT2D eigenvalue weighted by atomic mass is 9.95. The number of hydrogen-bond acceptors (Lipinski definition) is 6. The van der Waals surface area contributed by atoms with Crippen LogP contribution >= 0.6 is 0 Å². The van der Waals surface area contributed by atoms with E-state index >= 15 is 0 Å². The molecule has 0 saturated carbocycles. The van der Waals surface area contributed by atoms with Gasteiger partial charge in [-0.15, -0.1) is 0 Å². The Labute approximate surface area is 282 Å². The summed E-state index contributed by atoms with van der Waals surface area (Å²) in [4.78, 5) is 0. The van der Waals surface area contributed by atoms with Crippen LogP contribution in [0.1, 0.15) is 102 Å². The van der Waals surface area contributed by atoms with Crippen molar-refractivity contribution in [3.05, 3.63) is 123 Å². The zero-order chi connectivity index (χ0) is 34.3. The van der Waals surface area contributed by atoms with Crippen LogP contribution in [0.5, 0.6) is 17.2 Å². The fourth-order valence-corrected chi connectivity index (χ4v) is 5.52. The molecule has 4 aromatic carbocycles. The molecular weight excluding hydrogens is 588 g/mol. The molecule has 254 valence electrons. The molecule has 0 radical (unpaired) electrons. The molecule has 4 rings (SSSR count).